The van der Waals surface area contributed by atoms with Gasteiger partial charge in [-0.1, -0.05) is 19.1 Å². The number of benzene rings is 1. The summed E-state index contributed by atoms with van der Waals surface area (Å²) in [7, 11) is 1.81. The molecule has 0 radical (unpaired) electrons. The highest BCUT2D eigenvalue weighted by Gasteiger charge is 2.18. The van der Waals surface area contributed by atoms with Gasteiger partial charge in [0, 0.05) is 20.8 Å². The third-order valence-electron chi connectivity index (χ3n) is 2.59. The number of halogens is 1. The summed E-state index contributed by atoms with van der Waals surface area (Å²) in [5.74, 6) is 0.00996. The highest BCUT2D eigenvalue weighted by atomic mass is 35.7. The fraction of sp³-hybridized carbons (Fsp3) is 0.455. The molecule has 1 aromatic rings. The van der Waals surface area contributed by atoms with E-state index in [9.17, 15) is 8.42 Å². The van der Waals surface area contributed by atoms with E-state index in [0.717, 1.165) is 12.0 Å². The van der Waals surface area contributed by atoms with E-state index >= 15 is 0 Å². The Labute approximate surface area is 105 Å². The lowest BCUT2D eigenvalue weighted by Crippen LogP contribution is -2.01. The molecule has 2 rings (SSSR count). The van der Waals surface area contributed by atoms with Gasteiger partial charge in [0.25, 0.3) is 0 Å². The lowest BCUT2D eigenvalue weighted by molar-refractivity contribution is 0.609. The van der Waals surface area contributed by atoms with Gasteiger partial charge >= 0.3 is 0 Å². The maximum atomic E-state index is 10.9. The van der Waals surface area contributed by atoms with Crippen LogP contribution in [0.3, 0.4) is 0 Å². The Bertz CT molecular complexity index is 497. The lowest BCUT2D eigenvalue weighted by atomic mass is 10.1. The Hall–Kier alpha value is -0.190. The zero-order chi connectivity index (χ0) is 11.8. The SMILES string of the molecule is CC1Cc2cc(CCS(=O)(=O)Cl)ccc2S1. The van der Waals surface area contributed by atoms with E-state index in [-0.39, 0.29) is 5.75 Å². The van der Waals surface area contributed by atoms with E-state index in [4.69, 9.17) is 10.7 Å². The number of fused-ring (bicyclic) bond motifs is 1. The molecule has 0 fully saturated rings. The largest absolute Gasteiger partial charge is 0.232 e. The third-order valence-corrected chi connectivity index (χ3v) is 4.97. The van der Waals surface area contributed by atoms with Crippen LogP contribution in [0.2, 0.25) is 0 Å². The molecule has 1 atom stereocenters. The Morgan fingerprint density at radius 3 is 2.94 bits per heavy atom. The van der Waals surface area contributed by atoms with Crippen LogP contribution in [0.4, 0.5) is 0 Å². The van der Waals surface area contributed by atoms with Crippen molar-refractivity contribution in [2.24, 2.45) is 0 Å². The van der Waals surface area contributed by atoms with E-state index in [1.807, 2.05) is 17.8 Å². The molecule has 5 heteroatoms. The van der Waals surface area contributed by atoms with E-state index in [2.05, 4.69) is 19.1 Å². The maximum Gasteiger partial charge on any atom is 0.232 e. The zero-order valence-electron chi connectivity index (χ0n) is 8.94. The topological polar surface area (TPSA) is 34.1 Å². The molecule has 1 aromatic carbocycles. The van der Waals surface area contributed by atoms with Gasteiger partial charge in [-0.3, -0.25) is 0 Å². The van der Waals surface area contributed by atoms with Crippen LogP contribution in [0.1, 0.15) is 18.1 Å². The molecule has 0 N–H and O–H groups in total. The molecule has 0 saturated carbocycles. The van der Waals surface area contributed by atoms with Gasteiger partial charge in [0.2, 0.25) is 9.05 Å². The van der Waals surface area contributed by atoms with Gasteiger partial charge in [-0.25, -0.2) is 8.42 Å². The fourth-order valence-electron chi connectivity index (χ4n) is 1.87. The van der Waals surface area contributed by atoms with Crippen molar-refractivity contribution in [3.8, 4) is 0 Å². The summed E-state index contributed by atoms with van der Waals surface area (Å²) in [6.45, 7) is 2.20. The number of hydrogen-bond acceptors (Lipinski definition) is 3. The molecular weight excluding hydrogens is 264 g/mol. The molecule has 0 aliphatic carbocycles. The molecule has 1 aliphatic heterocycles. The van der Waals surface area contributed by atoms with Gasteiger partial charge in [0.1, 0.15) is 0 Å². The van der Waals surface area contributed by atoms with Crippen LogP contribution in [0.15, 0.2) is 23.1 Å². The first-order valence-electron chi connectivity index (χ1n) is 5.15. The molecule has 16 heavy (non-hydrogen) atoms. The van der Waals surface area contributed by atoms with Crippen molar-refractivity contribution in [3.63, 3.8) is 0 Å². The molecule has 88 valence electrons. The fourth-order valence-corrected chi connectivity index (χ4v) is 3.72. The number of aryl methyl sites for hydroxylation is 1. The standard InChI is InChI=1S/C11H13ClO2S2/c1-8-6-10-7-9(2-3-11(10)15-8)4-5-16(12,13)14/h2-3,7-8H,4-6H2,1H3. The Kier molecular flexibility index (Phi) is 3.52. The normalized spacial score (nSPS) is 19.8. The summed E-state index contributed by atoms with van der Waals surface area (Å²) in [6.07, 6.45) is 1.57. The minimum Gasteiger partial charge on any atom is -0.212 e. The first-order chi connectivity index (χ1) is 7.44. The Morgan fingerprint density at radius 2 is 2.25 bits per heavy atom. The molecular formula is C11H13ClO2S2. The predicted molar refractivity (Wildman–Crippen MR) is 68.8 cm³/mol. The quantitative estimate of drug-likeness (QED) is 0.796. The Balaban J connectivity index is 2.11. The summed E-state index contributed by atoms with van der Waals surface area (Å²) in [4.78, 5) is 1.32. The molecule has 0 aromatic heterocycles. The van der Waals surface area contributed by atoms with Gasteiger partial charge in [-0.05, 0) is 30.0 Å². The first kappa shape index (κ1) is 12.3. The first-order valence-corrected chi connectivity index (χ1v) is 8.50. The molecule has 1 heterocycles. The van der Waals surface area contributed by atoms with Crippen LogP contribution in [-0.2, 0) is 21.9 Å². The maximum absolute atomic E-state index is 10.9. The van der Waals surface area contributed by atoms with Crippen LogP contribution < -0.4 is 0 Å². The van der Waals surface area contributed by atoms with E-state index in [1.54, 1.807) is 0 Å². The number of rotatable bonds is 3. The molecule has 0 bridgehead atoms. The van der Waals surface area contributed by atoms with Crippen molar-refractivity contribution >= 4 is 31.5 Å². The highest BCUT2D eigenvalue weighted by Crippen LogP contribution is 2.37. The van der Waals surface area contributed by atoms with Crippen molar-refractivity contribution < 1.29 is 8.42 Å². The number of thioether (sulfide) groups is 1. The number of hydrogen-bond donors (Lipinski definition) is 0. The van der Waals surface area contributed by atoms with Crippen LogP contribution in [0, 0.1) is 0 Å². The van der Waals surface area contributed by atoms with Gasteiger partial charge < -0.3 is 0 Å². The smallest absolute Gasteiger partial charge is 0.212 e. The summed E-state index contributed by atoms with van der Waals surface area (Å²) < 4.78 is 21.7. The summed E-state index contributed by atoms with van der Waals surface area (Å²) in [5, 5.41) is 0.627. The average Bonchev–Trinajstić information content (AvgIpc) is 2.52. The van der Waals surface area contributed by atoms with E-state index in [0.29, 0.717) is 11.7 Å². The third kappa shape index (κ3) is 3.15. The summed E-state index contributed by atoms with van der Waals surface area (Å²) >= 11 is 1.88. The highest BCUT2D eigenvalue weighted by molar-refractivity contribution is 8.13. The second-order valence-electron chi connectivity index (χ2n) is 4.07. The van der Waals surface area contributed by atoms with Gasteiger partial charge in [-0.2, -0.15) is 0 Å². The molecule has 2 nitrogen and oxygen atoms in total. The predicted octanol–water partition coefficient (Wildman–Crippen LogP) is 2.83. The van der Waals surface area contributed by atoms with Gasteiger partial charge in [0.05, 0.1) is 5.75 Å². The van der Waals surface area contributed by atoms with Crippen LogP contribution in [0.5, 0.6) is 0 Å². The van der Waals surface area contributed by atoms with Crippen molar-refractivity contribution in [1.29, 1.82) is 0 Å². The molecule has 1 aliphatic rings. The van der Waals surface area contributed by atoms with Crippen molar-refractivity contribution in [3.05, 3.63) is 29.3 Å². The second kappa shape index (κ2) is 4.59. The Morgan fingerprint density at radius 1 is 1.50 bits per heavy atom. The zero-order valence-corrected chi connectivity index (χ0v) is 11.3. The average molecular weight is 277 g/mol. The van der Waals surface area contributed by atoms with E-state index < -0.39 is 9.05 Å². The minimum absolute atomic E-state index is 0.00996. The van der Waals surface area contributed by atoms with Crippen molar-refractivity contribution in [1.82, 2.24) is 0 Å². The van der Waals surface area contributed by atoms with Gasteiger partial charge in [0.15, 0.2) is 0 Å². The van der Waals surface area contributed by atoms with Crippen LogP contribution in [0.25, 0.3) is 0 Å². The van der Waals surface area contributed by atoms with E-state index in [1.165, 1.54) is 10.5 Å². The van der Waals surface area contributed by atoms with Crippen LogP contribution in [-0.4, -0.2) is 19.4 Å². The molecule has 0 amide bonds. The minimum atomic E-state index is -3.38. The summed E-state index contributed by atoms with van der Waals surface area (Å²) in [6, 6.07) is 6.18. The lowest BCUT2D eigenvalue weighted by Gasteiger charge is -2.02. The van der Waals surface area contributed by atoms with Crippen molar-refractivity contribution in [2.45, 2.75) is 29.9 Å². The van der Waals surface area contributed by atoms with Crippen molar-refractivity contribution in [2.75, 3.05) is 5.75 Å². The van der Waals surface area contributed by atoms with Gasteiger partial charge in [-0.15, -0.1) is 11.8 Å². The summed E-state index contributed by atoms with van der Waals surface area (Å²) in [5.41, 5.74) is 2.39. The molecule has 0 saturated heterocycles. The van der Waals surface area contributed by atoms with Crippen LogP contribution >= 0.6 is 22.4 Å². The molecule has 1 unspecified atom stereocenters. The molecule has 0 spiro atoms. The monoisotopic (exact) mass is 276 g/mol. The second-order valence-corrected chi connectivity index (χ2v) is 8.44.